The second kappa shape index (κ2) is 10.6. The molecule has 2 aromatic rings. The normalized spacial score (nSPS) is 17.5. The Morgan fingerprint density at radius 3 is 2.62 bits per heavy atom. The molecule has 1 aromatic heterocycles. The largest absolute Gasteiger partial charge is 0.390 e. The van der Waals surface area contributed by atoms with Gasteiger partial charge in [0.05, 0.1) is 36.6 Å². The van der Waals surface area contributed by atoms with Crippen molar-refractivity contribution in [3.63, 3.8) is 0 Å². The van der Waals surface area contributed by atoms with E-state index in [0.29, 0.717) is 25.2 Å². The van der Waals surface area contributed by atoms with Crippen molar-refractivity contribution in [2.75, 3.05) is 19.6 Å². The molecule has 32 heavy (non-hydrogen) atoms. The van der Waals surface area contributed by atoms with Gasteiger partial charge in [-0.15, -0.1) is 0 Å². The summed E-state index contributed by atoms with van der Waals surface area (Å²) in [7, 11) is 0. The Morgan fingerprint density at radius 2 is 1.97 bits per heavy atom. The number of alkyl halides is 3. The van der Waals surface area contributed by atoms with Crippen molar-refractivity contribution in [2.24, 2.45) is 0 Å². The van der Waals surface area contributed by atoms with Gasteiger partial charge in [0.1, 0.15) is 0 Å². The molecule has 0 saturated carbocycles. The lowest BCUT2D eigenvalue weighted by atomic mass is 10.0. The Hall–Kier alpha value is -2.86. The van der Waals surface area contributed by atoms with E-state index >= 15 is 0 Å². The maximum atomic E-state index is 12.7. The van der Waals surface area contributed by atoms with Gasteiger partial charge in [-0.25, -0.2) is 4.98 Å². The molecule has 1 amide bonds. The van der Waals surface area contributed by atoms with E-state index in [2.05, 4.69) is 22.9 Å². The maximum absolute atomic E-state index is 12.7. The summed E-state index contributed by atoms with van der Waals surface area (Å²) in [6.45, 7) is 3.30. The van der Waals surface area contributed by atoms with Crippen molar-refractivity contribution in [3.8, 4) is 6.07 Å². The molecule has 6 nitrogen and oxygen atoms in total. The Morgan fingerprint density at radius 1 is 1.22 bits per heavy atom. The lowest BCUT2D eigenvalue weighted by Gasteiger charge is -2.41. The van der Waals surface area contributed by atoms with Crippen molar-refractivity contribution in [2.45, 2.75) is 57.9 Å². The highest BCUT2D eigenvalue weighted by atomic mass is 19.4. The van der Waals surface area contributed by atoms with E-state index in [0.717, 1.165) is 30.5 Å². The van der Waals surface area contributed by atoms with Crippen LogP contribution in [0.25, 0.3) is 0 Å². The zero-order valence-electron chi connectivity index (χ0n) is 18.2. The minimum atomic E-state index is -4.27. The molecule has 0 aliphatic carbocycles. The molecule has 0 spiro atoms. The second-order valence-electron chi connectivity index (χ2n) is 8.23. The van der Waals surface area contributed by atoms with Crippen LogP contribution in [0.2, 0.25) is 0 Å². The fourth-order valence-electron chi connectivity index (χ4n) is 3.96. The fourth-order valence-corrected chi connectivity index (χ4v) is 3.96. The number of nitrogens with zero attached hydrogens (tertiary/aromatic N) is 5. The van der Waals surface area contributed by atoms with Crippen LogP contribution in [-0.4, -0.2) is 57.1 Å². The average molecular weight is 448 g/mol. The van der Waals surface area contributed by atoms with E-state index < -0.39 is 12.6 Å². The number of carbonyl (C=O) groups is 1. The summed E-state index contributed by atoms with van der Waals surface area (Å²) < 4.78 is 40.0. The van der Waals surface area contributed by atoms with Gasteiger partial charge in [0.2, 0.25) is 5.91 Å². The Kier molecular flexibility index (Phi) is 7.91. The van der Waals surface area contributed by atoms with Gasteiger partial charge in [-0.05, 0) is 24.1 Å². The number of nitriles is 1. The zero-order chi connectivity index (χ0) is 23.1. The highest BCUT2D eigenvalue weighted by Gasteiger charge is 2.35. The summed E-state index contributed by atoms with van der Waals surface area (Å²) >= 11 is 0. The number of benzene rings is 1. The Labute approximate surface area is 186 Å². The minimum absolute atomic E-state index is 0.0131. The highest BCUT2D eigenvalue weighted by Crippen LogP contribution is 2.24. The summed E-state index contributed by atoms with van der Waals surface area (Å²) in [5.41, 5.74) is 2.56. The van der Waals surface area contributed by atoms with Gasteiger partial charge < -0.3 is 9.47 Å². The van der Waals surface area contributed by atoms with Crippen LogP contribution in [0.15, 0.2) is 36.8 Å². The number of hydrogen-bond donors (Lipinski definition) is 0. The third kappa shape index (κ3) is 6.57. The van der Waals surface area contributed by atoms with Crippen LogP contribution in [0.3, 0.4) is 0 Å². The van der Waals surface area contributed by atoms with Crippen LogP contribution in [0, 0.1) is 11.3 Å². The molecule has 1 aliphatic heterocycles. The minimum Gasteiger partial charge on any atom is -0.340 e. The third-order valence-corrected chi connectivity index (χ3v) is 5.79. The summed E-state index contributed by atoms with van der Waals surface area (Å²) in [5.74, 6) is -0.264. The predicted octanol–water partition coefficient (Wildman–Crippen LogP) is 3.96. The molecule has 0 unspecified atom stereocenters. The molecule has 3 rings (SSSR count). The maximum Gasteiger partial charge on any atom is 0.390 e. The van der Waals surface area contributed by atoms with Crippen molar-refractivity contribution >= 4 is 5.91 Å². The first-order chi connectivity index (χ1) is 15.3. The third-order valence-electron chi connectivity index (χ3n) is 5.79. The monoisotopic (exact) mass is 447 g/mol. The molecular weight excluding hydrogens is 419 g/mol. The summed E-state index contributed by atoms with van der Waals surface area (Å²) in [5, 5.41) is 8.95. The molecule has 9 heteroatoms. The number of imidazole rings is 1. The van der Waals surface area contributed by atoms with Crippen LogP contribution in [0.5, 0.6) is 0 Å². The molecule has 1 saturated heterocycles. The van der Waals surface area contributed by atoms with Gasteiger partial charge >= 0.3 is 6.18 Å². The Balaban J connectivity index is 1.69. The first kappa shape index (κ1) is 23.8. The number of amides is 1. The first-order valence-corrected chi connectivity index (χ1v) is 10.9. The molecule has 2 heterocycles. The summed E-state index contributed by atoms with van der Waals surface area (Å²) in [6.07, 6.45) is 1.02. The van der Waals surface area contributed by atoms with Crippen molar-refractivity contribution in [1.29, 1.82) is 5.26 Å². The predicted molar refractivity (Wildman–Crippen MR) is 113 cm³/mol. The summed E-state index contributed by atoms with van der Waals surface area (Å²) in [4.78, 5) is 20.3. The van der Waals surface area contributed by atoms with E-state index in [1.54, 1.807) is 24.7 Å². The average Bonchev–Trinajstić information content (AvgIpc) is 3.18. The highest BCUT2D eigenvalue weighted by molar-refractivity contribution is 5.79. The molecule has 0 N–H and O–H groups in total. The quantitative estimate of drug-likeness (QED) is 0.584. The van der Waals surface area contributed by atoms with Crippen LogP contribution in [-0.2, 0) is 17.9 Å². The van der Waals surface area contributed by atoms with Crippen molar-refractivity contribution in [1.82, 2.24) is 19.4 Å². The molecule has 0 bridgehead atoms. The van der Waals surface area contributed by atoms with Gasteiger partial charge in [-0.2, -0.15) is 18.4 Å². The van der Waals surface area contributed by atoms with E-state index in [9.17, 15) is 18.0 Å². The van der Waals surface area contributed by atoms with Crippen molar-refractivity contribution in [3.05, 3.63) is 53.6 Å². The van der Waals surface area contributed by atoms with E-state index in [4.69, 9.17) is 5.26 Å². The number of halogens is 3. The first-order valence-electron chi connectivity index (χ1n) is 10.9. The van der Waals surface area contributed by atoms with Crippen molar-refractivity contribution < 1.29 is 18.0 Å². The number of hydrogen-bond acceptors (Lipinski definition) is 4. The fraction of sp³-hybridized carbons (Fsp3) is 0.522. The second-order valence-corrected chi connectivity index (χ2v) is 8.23. The molecule has 1 aliphatic rings. The lowest BCUT2D eigenvalue weighted by molar-refractivity contribution is -0.151. The van der Waals surface area contributed by atoms with E-state index in [1.165, 1.54) is 4.90 Å². The number of unbranched alkanes of at least 4 members (excludes halogenated alkanes) is 1. The molecule has 1 aromatic carbocycles. The van der Waals surface area contributed by atoms with Gasteiger partial charge in [-0.1, -0.05) is 31.9 Å². The number of rotatable bonds is 9. The molecule has 0 radical (unpaired) electrons. The van der Waals surface area contributed by atoms with Crippen LogP contribution >= 0.6 is 0 Å². The molecule has 1 fully saturated rings. The number of piperazine rings is 1. The lowest BCUT2D eigenvalue weighted by Crippen LogP contribution is -2.56. The van der Waals surface area contributed by atoms with Gasteiger partial charge in [0.25, 0.3) is 0 Å². The Bertz CT molecular complexity index is 932. The van der Waals surface area contributed by atoms with Crippen LogP contribution in [0.1, 0.15) is 49.4 Å². The molecule has 1 atom stereocenters. The van der Waals surface area contributed by atoms with E-state index in [1.807, 2.05) is 16.7 Å². The van der Waals surface area contributed by atoms with Crippen LogP contribution in [0.4, 0.5) is 13.2 Å². The van der Waals surface area contributed by atoms with E-state index in [-0.39, 0.29) is 25.0 Å². The number of carbonyl (C=O) groups excluding carboxylic acids is 1. The standard InChI is InChI=1S/C23H28F3N5O/c1-2-3-4-20-14-29(10-9-23(24,25)26)22(32)16-30(20)15-21-12-28-17-31(21)13-19-7-5-18(11-27)6-8-19/h5-8,12,17,20H,2-4,9-10,13-16H2,1H3/t20-/m0/s1. The van der Waals surface area contributed by atoms with Gasteiger partial charge in [0, 0.05) is 38.4 Å². The summed E-state index contributed by atoms with van der Waals surface area (Å²) in [6, 6.07) is 9.45. The zero-order valence-corrected chi connectivity index (χ0v) is 18.2. The molecule has 172 valence electrons. The smallest absolute Gasteiger partial charge is 0.340 e. The van der Waals surface area contributed by atoms with Gasteiger partial charge in [0.15, 0.2) is 0 Å². The van der Waals surface area contributed by atoms with Gasteiger partial charge in [-0.3, -0.25) is 9.69 Å². The topological polar surface area (TPSA) is 65.2 Å². The van der Waals surface area contributed by atoms with Crippen LogP contribution < -0.4 is 0 Å². The molecular formula is C23H28F3N5O. The SMILES string of the molecule is CCCC[C@H]1CN(CCC(F)(F)F)C(=O)CN1Cc1cncn1Cc1ccc(C#N)cc1. The number of aromatic nitrogens is 2.